The average Bonchev–Trinajstić information content (AvgIpc) is 3.41. The summed E-state index contributed by atoms with van der Waals surface area (Å²) in [6.45, 7) is 0.926. The van der Waals surface area contributed by atoms with Gasteiger partial charge in [0.2, 0.25) is 0 Å². The number of hydrogen-bond donors (Lipinski definition) is 2. The molecular weight excluding hydrogens is 312 g/mol. The molecule has 0 spiro atoms. The molecule has 1 aromatic heterocycles. The summed E-state index contributed by atoms with van der Waals surface area (Å²) < 4.78 is 2.65. The molecule has 116 valence electrons. The van der Waals surface area contributed by atoms with Gasteiger partial charge in [0, 0.05) is 26.7 Å². The van der Waals surface area contributed by atoms with Crippen molar-refractivity contribution < 1.29 is 0 Å². The van der Waals surface area contributed by atoms with Crippen LogP contribution in [0.4, 0.5) is 0 Å². The minimum atomic E-state index is 0.236. The maximum absolute atomic E-state index is 8.30. The van der Waals surface area contributed by atoms with Crippen LogP contribution in [0, 0.1) is 5.41 Å². The number of rotatable bonds is 3. The fourth-order valence-electron chi connectivity index (χ4n) is 3.29. The van der Waals surface area contributed by atoms with Gasteiger partial charge in [-0.05, 0) is 28.8 Å². The fraction of sp³-hybridized carbons (Fsp3) is 0.0952. The molecule has 0 amide bonds. The van der Waals surface area contributed by atoms with E-state index in [0.717, 1.165) is 12.1 Å². The first-order chi connectivity index (χ1) is 11.8. The van der Waals surface area contributed by atoms with E-state index in [1.165, 1.54) is 31.3 Å². The lowest BCUT2D eigenvalue weighted by Crippen LogP contribution is -2.09. The average molecular weight is 328 g/mol. The van der Waals surface area contributed by atoms with Crippen LogP contribution in [0.15, 0.2) is 66.7 Å². The molecule has 1 saturated heterocycles. The fourth-order valence-corrected chi connectivity index (χ4v) is 4.53. The van der Waals surface area contributed by atoms with E-state index < -0.39 is 0 Å². The van der Waals surface area contributed by atoms with Gasteiger partial charge >= 0.3 is 0 Å². The second-order valence-electron chi connectivity index (χ2n) is 6.24. The molecule has 1 atom stereocenters. The molecule has 0 saturated carbocycles. The number of benzene rings is 3. The molecule has 0 bridgehead atoms. The maximum atomic E-state index is 8.30. The molecule has 0 aliphatic carbocycles. The highest BCUT2D eigenvalue weighted by Gasteiger charge is 2.26. The van der Waals surface area contributed by atoms with Crippen LogP contribution in [-0.2, 0) is 0 Å². The minimum Gasteiger partial charge on any atom is -0.306 e. The van der Waals surface area contributed by atoms with Crippen molar-refractivity contribution in [2.24, 2.45) is 0 Å². The van der Waals surface area contributed by atoms with E-state index in [1.54, 1.807) is 0 Å². The molecule has 0 radical (unpaired) electrons. The van der Waals surface area contributed by atoms with Crippen LogP contribution in [0.2, 0.25) is 0 Å². The topological polar surface area (TPSA) is 45.8 Å². The van der Waals surface area contributed by atoms with E-state index >= 15 is 0 Å². The van der Waals surface area contributed by atoms with Crippen molar-refractivity contribution >= 4 is 37.2 Å². The van der Waals surface area contributed by atoms with Crippen molar-refractivity contribution in [2.75, 3.05) is 6.54 Å². The predicted molar refractivity (Wildman–Crippen MR) is 103 cm³/mol. The molecule has 1 fully saturated rings. The zero-order valence-electron chi connectivity index (χ0n) is 13.0. The van der Waals surface area contributed by atoms with Gasteiger partial charge in [-0.3, -0.25) is 0 Å². The van der Waals surface area contributed by atoms with Crippen LogP contribution in [0.5, 0.6) is 0 Å². The third-order valence-corrected chi connectivity index (χ3v) is 5.87. The van der Waals surface area contributed by atoms with Crippen molar-refractivity contribution in [3.8, 4) is 11.1 Å². The number of nitrogens with one attached hydrogen (secondary N) is 2. The standard InChI is InChI=1S/C21H16N2S/c22-20(18-12-23-18)14-6-3-5-13(11-14)15-8-4-9-17-16-7-1-2-10-19(16)24-21(15)17/h1-11,18,22-23H,12H2. The predicted octanol–water partition coefficient (Wildman–Crippen LogP) is 5.06. The Kier molecular flexibility index (Phi) is 3.05. The lowest BCUT2D eigenvalue weighted by molar-refractivity contribution is 1.22. The summed E-state index contributed by atoms with van der Waals surface area (Å²) in [5.41, 5.74) is 4.16. The molecule has 4 aromatic rings. The quantitative estimate of drug-likeness (QED) is 0.401. The van der Waals surface area contributed by atoms with E-state index in [2.05, 4.69) is 66.0 Å². The van der Waals surface area contributed by atoms with E-state index in [-0.39, 0.29) is 6.04 Å². The number of fused-ring (bicyclic) bond motifs is 3. The van der Waals surface area contributed by atoms with Gasteiger partial charge in [-0.15, -0.1) is 11.3 Å². The molecule has 2 nitrogen and oxygen atoms in total. The molecule has 2 N–H and O–H groups in total. The van der Waals surface area contributed by atoms with Crippen LogP contribution >= 0.6 is 11.3 Å². The van der Waals surface area contributed by atoms with Gasteiger partial charge in [-0.2, -0.15) is 0 Å². The first-order valence-electron chi connectivity index (χ1n) is 8.14. The SMILES string of the molecule is N=C(c1cccc(-c2cccc3c2sc2ccccc23)c1)C1CN1. The van der Waals surface area contributed by atoms with Gasteiger partial charge in [0.25, 0.3) is 0 Å². The zero-order valence-corrected chi connectivity index (χ0v) is 13.9. The molecule has 3 aromatic carbocycles. The monoisotopic (exact) mass is 328 g/mol. The van der Waals surface area contributed by atoms with Crippen LogP contribution < -0.4 is 5.32 Å². The lowest BCUT2D eigenvalue weighted by Gasteiger charge is -2.07. The van der Waals surface area contributed by atoms with Gasteiger partial charge in [0.05, 0.1) is 11.8 Å². The maximum Gasteiger partial charge on any atom is 0.0621 e. The number of thiophene rings is 1. The summed E-state index contributed by atoms with van der Waals surface area (Å²) >= 11 is 1.85. The highest BCUT2D eigenvalue weighted by atomic mass is 32.1. The highest BCUT2D eigenvalue weighted by molar-refractivity contribution is 7.26. The van der Waals surface area contributed by atoms with E-state index in [0.29, 0.717) is 5.71 Å². The third-order valence-electron chi connectivity index (χ3n) is 4.65. The Morgan fingerprint density at radius 1 is 0.958 bits per heavy atom. The molecule has 2 heterocycles. The third kappa shape index (κ3) is 2.17. The molecule has 24 heavy (non-hydrogen) atoms. The van der Waals surface area contributed by atoms with Gasteiger partial charge < -0.3 is 10.7 Å². The van der Waals surface area contributed by atoms with E-state index in [4.69, 9.17) is 5.41 Å². The molecule has 1 aliphatic heterocycles. The molecule has 3 heteroatoms. The smallest absolute Gasteiger partial charge is 0.0621 e. The summed E-state index contributed by atoms with van der Waals surface area (Å²) in [5, 5.41) is 14.2. The molecule has 1 aliphatic rings. The highest BCUT2D eigenvalue weighted by Crippen LogP contribution is 2.39. The minimum absolute atomic E-state index is 0.236. The second kappa shape index (κ2) is 5.26. The Morgan fingerprint density at radius 3 is 2.62 bits per heavy atom. The first-order valence-corrected chi connectivity index (χ1v) is 8.96. The van der Waals surface area contributed by atoms with Crippen LogP contribution in [0.3, 0.4) is 0 Å². The molecular formula is C21H16N2S. The van der Waals surface area contributed by atoms with Crippen LogP contribution in [-0.4, -0.2) is 18.3 Å². The Labute approximate surface area is 144 Å². The van der Waals surface area contributed by atoms with Gasteiger partial charge in [-0.25, -0.2) is 0 Å². The van der Waals surface area contributed by atoms with Crippen molar-refractivity contribution in [1.29, 1.82) is 5.41 Å². The molecule has 1 unspecified atom stereocenters. The van der Waals surface area contributed by atoms with Crippen molar-refractivity contribution in [2.45, 2.75) is 6.04 Å². The van der Waals surface area contributed by atoms with Gasteiger partial charge in [0.1, 0.15) is 0 Å². The Morgan fingerprint density at radius 2 is 1.75 bits per heavy atom. The summed E-state index contributed by atoms with van der Waals surface area (Å²) in [4.78, 5) is 0. The lowest BCUT2D eigenvalue weighted by atomic mass is 9.98. The summed E-state index contributed by atoms with van der Waals surface area (Å²) in [5.74, 6) is 0. The Hall–Kier alpha value is -2.49. The zero-order chi connectivity index (χ0) is 16.1. The van der Waals surface area contributed by atoms with E-state index in [9.17, 15) is 0 Å². The second-order valence-corrected chi connectivity index (χ2v) is 7.29. The summed E-state index contributed by atoms with van der Waals surface area (Å²) in [6.07, 6.45) is 0. The normalized spacial score (nSPS) is 16.6. The Balaban J connectivity index is 1.71. The summed E-state index contributed by atoms with van der Waals surface area (Å²) in [7, 11) is 0. The molecule has 5 rings (SSSR count). The van der Waals surface area contributed by atoms with Crippen molar-refractivity contribution in [3.05, 3.63) is 72.3 Å². The summed E-state index contributed by atoms with van der Waals surface area (Å²) in [6, 6.07) is 23.8. The van der Waals surface area contributed by atoms with Crippen molar-refractivity contribution in [1.82, 2.24) is 5.32 Å². The van der Waals surface area contributed by atoms with Crippen LogP contribution in [0.1, 0.15) is 5.56 Å². The number of hydrogen-bond acceptors (Lipinski definition) is 3. The van der Waals surface area contributed by atoms with Crippen molar-refractivity contribution in [3.63, 3.8) is 0 Å². The van der Waals surface area contributed by atoms with E-state index in [1.807, 2.05) is 17.4 Å². The Bertz CT molecular complexity index is 1090. The van der Waals surface area contributed by atoms with Gasteiger partial charge in [0.15, 0.2) is 0 Å². The largest absolute Gasteiger partial charge is 0.306 e. The van der Waals surface area contributed by atoms with Gasteiger partial charge in [-0.1, -0.05) is 54.6 Å². The van der Waals surface area contributed by atoms with Crippen LogP contribution in [0.25, 0.3) is 31.3 Å². The first kappa shape index (κ1) is 13.9.